The number of nitrogens with one attached hydrogen (secondary N) is 4. The quantitative estimate of drug-likeness (QED) is 0.418. The van der Waals surface area contributed by atoms with E-state index in [9.17, 15) is 4.79 Å². The Morgan fingerprint density at radius 2 is 2.06 bits per heavy atom. The number of aromatic nitrogens is 3. The minimum Gasteiger partial charge on any atom is -0.474 e. The number of amides is 1. The van der Waals surface area contributed by atoms with Crippen molar-refractivity contribution in [3.8, 4) is 5.88 Å². The molecule has 0 bridgehead atoms. The molecule has 2 aliphatic rings. The Bertz CT molecular complexity index is 1160. The summed E-state index contributed by atoms with van der Waals surface area (Å²) in [6.07, 6.45) is 4.91. The van der Waals surface area contributed by atoms with Crippen LogP contribution in [0.2, 0.25) is 0 Å². The van der Waals surface area contributed by atoms with Crippen molar-refractivity contribution in [1.82, 2.24) is 25.6 Å². The fourth-order valence-corrected chi connectivity index (χ4v) is 3.67. The van der Waals surface area contributed by atoms with Crippen LogP contribution in [0.5, 0.6) is 5.88 Å². The molecule has 1 fully saturated rings. The van der Waals surface area contributed by atoms with E-state index in [1.807, 2.05) is 31.2 Å². The summed E-state index contributed by atoms with van der Waals surface area (Å²) in [5.41, 5.74) is 3.85. The standard InChI is InChI=1S/C24H27N7O2/c1-2-26-23(32)19-14-27-24(28-17-7-6-15-10-11-25-13-16(15)12-17)31-22(19)30-20-4-3-5-21(29-20)33-18-8-9-18/h3-7,12,14,18,25H,2,8-11,13H2,1H3,(H,26,32)(H2,27,28,29,30,31). The molecule has 1 aliphatic heterocycles. The number of pyridine rings is 1. The van der Waals surface area contributed by atoms with Crippen LogP contribution >= 0.6 is 0 Å². The fraction of sp³-hybridized carbons (Fsp3) is 0.333. The molecule has 0 radical (unpaired) electrons. The van der Waals surface area contributed by atoms with Crippen LogP contribution in [0.15, 0.2) is 42.6 Å². The van der Waals surface area contributed by atoms with Crippen LogP contribution in [0, 0.1) is 0 Å². The molecule has 9 nitrogen and oxygen atoms in total. The van der Waals surface area contributed by atoms with Gasteiger partial charge in [0.15, 0.2) is 0 Å². The van der Waals surface area contributed by atoms with Gasteiger partial charge in [-0.25, -0.2) is 4.98 Å². The Hall–Kier alpha value is -3.72. The predicted octanol–water partition coefficient (Wildman–Crippen LogP) is 3.30. The molecule has 3 aromatic rings. The van der Waals surface area contributed by atoms with Gasteiger partial charge in [0.2, 0.25) is 11.8 Å². The number of hydrogen-bond acceptors (Lipinski definition) is 8. The summed E-state index contributed by atoms with van der Waals surface area (Å²) < 4.78 is 5.79. The molecule has 0 atom stereocenters. The first kappa shape index (κ1) is 21.1. The lowest BCUT2D eigenvalue weighted by molar-refractivity contribution is 0.0956. The molecule has 170 valence electrons. The first-order chi connectivity index (χ1) is 16.2. The topological polar surface area (TPSA) is 113 Å². The molecular weight excluding hydrogens is 418 g/mol. The van der Waals surface area contributed by atoms with Gasteiger partial charge in [-0.15, -0.1) is 0 Å². The van der Waals surface area contributed by atoms with Gasteiger partial charge in [0.25, 0.3) is 5.91 Å². The molecule has 0 saturated heterocycles. The van der Waals surface area contributed by atoms with Gasteiger partial charge in [0, 0.05) is 31.0 Å². The van der Waals surface area contributed by atoms with E-state index in [1.165, 1.54) is 17.3 Å². The second-order valence-electron chi connectivity index (χ2n) is 8.15. The Kier molecular flexibility index (Phi) is 6.03. The zero-order valence-electron chi connectivity index (χ0n) is 18.5. The highest BCUT2D eigenvalue weighted by molar-refractivity contribution is 5.99. The number of rotatable bonds is 8. The monoisotopic (exact) mass is 445 g/mol. The smallest absolute Gasteiger partial charge is 0.256 e. The summed E-state index contributed by atoms with van der Waals surface area (Å²) in [7, 11) is 0. The Balaban J connectivity index is 1.41. The van der Waals surface area contributed by atoms with Gasteiger partial charge in [-0.2, -0.15) is 9.97 Å². The third-order valence-corrected chi connectivity index (χ3v) is 5.50. The maximum Gasteiger partial charge on any atom is 0.256 e. The zero-order chi connectivity index (χ0) is 22.6. The van der Waals surface area contributed by atoms with E-state index >= 15 is 0 Å². The summed E-state index contributed by atoms with van der Waals surface area (Å²) in [6, 6.07) is 11.8. The van der Waals surface area contributed by atoms with Crippen molar-refractivity contribution < 1.29 is 9.53 Å². The van der Waals surface area contributed by atoms with Gasteiger partial charge >= 0.3 is 0 Å². The van der Waals surface area contributed by atoms with Crippen molar-refractivity contribution in [2.24, 2.45) is 0 Å². The highest BCUT2D eigenvalue weighted by Crippen LogP contribution is 2.27. The fourth-order valence-electron chi connectivity index (χ4n) is 3.67. The Morgan fingerprint density at radius 3 is 2.91 bits per heavy atom. The van der Waals surface area contributed by atoms with Crippen molar-refractivity contribution in [2.75, 3.05) is 23.7 Å². The largest absolute Gasteiger partial charge is 0.474 e. The molecule has 33 heavy (non-hydrogen) atoms. The van der Waals surface area contributed by atoms with Crippen LogP contribution in [0.3, 0.4) is 0 Å². The highest BCUT2D eigenvalue weighted by atomic mass is 16.5. The minimum atomic E-state index is -0.253. The number of ether oxygens (including phenoxy) is 1. The third-order valence-electron chi connectivity index (χ3n) is 5.50. The van der Waals surface area contributed by atoms with Gasteiger partial charge in [0.05, 0.1) is 0 Å². The number of carbonyl (C=O) groups excluding carboxylic acids is 1. The van der Waals surface area contributed by atoms with Gasteiger partial charge in [0.1, 0.15) is 23.3 Å². The zero-order valence-corrected chi connectivity index (χ0v) is 18.5. The number of fused-ring (bicyclic) bond motifs is 1. The molecule has 4 N–H and O–H groups in total. The lowest BCUT2D eigenvalue weighted by Gasteiger charge is -2.18. The molecule has 2 aromatic heterocycles. The van der Waals surface area contributed by atoms with Crippen LogP contribution < -0.4 is 26.0 Å². The second kappa shape index (κ2) is 9.41. The minimum absolute atomic E-state index is 0.250. The average molecular weight is 446 g/mol. The van der Waals surface area contributed by atoms with Crippen LogP contribution in [0.4, 0.5) is 23.3 Å². The third kappa shape index (κ3) is 5.20. The van der Waals surface area contributed by atoms with Gasteiger partial charge in [-0.1, -0.05) is 12.1 Å². The summed E-state index contributed by atoms with van der Waals surface area (Å²) in [5.74, 6) is 1.60. The second-order valence-corrected chi connectivity index (χ2v) is 8.15. The van der Waals surface area contributed by atoms with E-state index in [1.54, 1.807) is 0 Å². The number of anilines is 4. The molecule has 1 aliphatic carbocycles. The summed E-state index contributed by atoms with van der Waals surface area (Å²) in [5, 5.41) is 12.6. The Labute approximate surface area is 192 Å². The maximum absolute atomic E-state index is 12.6. The summed E-state index contributed by atoms with van der Waals surface area (Å²) in [4.78, 5) is 26.1. The lowest BCUT2D eigenvalue weighted by atomic mass is 10.0. The molecule has 9 heteroatoms. The predicted molar refractivity (Wildman–Crippen MR) is 126 cm³/mol. The van der Waals surface area contributed by atoms with E-state index in [-0.39, 0.29) is 12.0 Å². The van der Waals surface area contributed by atoms with Gasteiger partial charge in [-0.05, 0) is 62.1 Å². The maximum atomic E-state index is 12.6. The summed E-state index contributed by atoms with van der Waals surface area (Å²) >= 11 is 0. The van der Waals surface area contributed by atoms with E-state index in [4.69, 9.17) is 4.74 Å². The van der Waals surface area contributed by atoms with Crippen LogP contribution in [0.1, 0.15) is 41.3 Å². The lowest BCUT2D eigenvalue weighted by Crippen LogP contribution is -2.24. The molecule has 0 unspecified atom stereocenters. The molecule has 1 aromatic carbocycles. The van der Waals surface area contributed by atoms with Crippen LogP contribution in [-0.2, 0) is 13.0 Å². The van der Waals surface area contributed by atoms with E-state index in [2.05, 4.69) is 48.4 Å². The van der Waals surface area contributed by atoms with Crippen molar-refractivity contribution in [3.63, 3.8) is 0 Å². The van der Waals surface area contributed by atoms with Crippen LogP contribution in [-0.4, -0.2) is 40.1 Å². The van der Waals surface area contributed by atoms with Crippen molar-refractivity contribution >= 4 is 29.2 Å². The number of carbonyl (C=O) groups is 1. The first-order valence-corrected chi connectivity index (χ1v) is 11.3. The normalized spacial score (nSPS) is 14.8. The number of nitrogens with zero attached hydrogens (tertiary/aromatic N) is 3. The molecule has 0 spiro atoms. The highest BCUT2D eigenvalue weighted by Gasteiger charge is 2.24. The van der Waals surface area contributed by atoms with Crippen molar-refractivity contribution in [1.29, 1.82) is 0 Å². The SMILES string of the molecule is CCNC(=O)c1cnc(Nc2ccc3c(c2)CNCC3)nc1Nc1cccc(OC2CC2)n1. The molecule has 1 saturated carbocycles. The number of hydrogen-bond donors (Lipinski definition) is 4. The van der Waals surface area contributed by atoms with E-state index in [0.717, 1.165) is 38.0 Å². The van der Waals surface area contributed by atoms with E-state index in [0.29, 0.717) is 35.6 Å². The van der Waals surface area contributed by atoms with Crippen molar-refractivity contribution in [2.45, 2.75) is 38.8 Å². The van der Waals surface area contributed by atoms with Crippen molar-refractivity contribution in [3.05, 3.63) is 59.3 Å². The molecule has 1 amide bonds. The number of benzene rings is 1. The van der Waals surface area contributed by atoms with E-state index < -0.39 is 0 Å². The van der Waals surface area contributed by atoms with Crippen LogP contribution in [0.25, 0.3) is 0 Å². The Morgan fingerprint density at radius 1 is 1.15 bits per heavy atom. The first-order valence-electron chi connectivity index (χ1n) is 11.3. The molecular formula is C24H27N7O2. The van der Waals surface area contributed by atoms with Gasteiger partial charge < -0.3 is 26.0 Å². The molecule has 5 rings (SSSR count). The van der Waals surface area contributed by atoms with Gasteiger partial charge in [-0.3, -0.25) is 4.79 Å². The average Bonchev–Trinajstić information content (AvgIpc) is 3.63. The summed E-state index contributed by atoms with van der Waals surface area (Å²) in [6.45, 7) is 4.22. The molecule has 3 heterocycles.